The van der Waals surface area contributed by atoms with Gasteiger partial charge in [0.2, 0.25) is 0 Å². The molecule has 0 atom stereocenters. The van der Waals surface area contributed by atoms with E-state index in [2.05, 4.69) is 14.9 Å². The minimum absolute atomic E-state index is 0.211. The van der Waals surface area contributed by atoms with Gasteiger partial charge in [0, 0.05) is 24.5 Å². The molecule has 41 heavy (non-hydrogen) atoms. The van der Waals surface area contributed by atoms with Gasteiger partial charge in [-0.3, -0.25) is 4.90 Å². The molecule has 3 aromatic carbocycles. The number of nitrogens with zero attached hydrogens (tertiary/aromatic N) is 3. The summed E-state index contributed by atoms with van der Waals surface area (Å²) in [5, 5.41) is 12.1. The summed E-state index contributed by atoms with van der Waals surface area (Å²) in [6.07, 6.45) is -4.76. The molecular weight excluding hydrogens is 544 g/mol. The summed E-state index contributed by atoms with van der Waals surface area (Å²) in [5.41, 5.74) is -1.11. The van der Waals surface area contributed by atoms with Crippen molar-refractivity contribution in [3.8, 4) is 11.4 Å². The van der Waals surface area contributed by atoms with Gasteiger partial charge in [0.05, 0.1) is 11.1 Å². The van der Waals surface area contributed by atoms with E-state index < -0.39 is 35.0 Å². The standard InChI is InChI=1S/C31H27F6N3O/c32-30(33,34)26-10-6-23(7-11-26)29(41,24-8-12-27(13-9-24)31(35,36)37)25-14-18-40(19-15-25)20-21-2-4-22(5-3-21)28-38-16-1-17-39-28/h1-13,16-17,25,41H,14-15,18-20H2. The fourth-order valence-electron chi connectivity index (χ4n) is 5.44. The van der Waals surface area contributed by atoms with Crippen molar-refractivity contribution in [2.45, 2.75) is 37.3 Å². The van der Waals surface area contributed by atoms with Crippen LogP contribution in [0, 0.1) is 5.92 Å². The van der Waals surface area contributed by atoms with Crippen molar-refractivity contribution in [3.63, 3.8) is 0 Å². The van der Waals surface area contributed by atoms with Gasteiger partial charge >= 0.3 is 12.4 Å². The minimum Gasteiger partial charge on any atom is -0.380 e. The van der Waals surface area contributed by atoms with Crippen LogP contribution in [0.15, 0.2) is 91.3 Å². The predicted octanol–water partition coefficient (Wildman–Crippen LogP) is 7.33. The lowest BCUT2D eigenvalue weighted by molar-refractivity contribution is -0.138. The number of likely N-dealkylation sites (tertiary alicyclic amines) is 1. The molecule has 0 saturated carbocycles. The maximum Gasteiger partial charge on any atom is 0.416 e. The molecule has 1 N–H and O–H groups in total. The molecule has 4 nitrogen and oxygen atoms in total. The highest BCUT2D eigenvalue weighted by molar-refractivity contribution is 5.54. The molecule has 0 aliphatic carbocycles. The zero-order valence-corrected chi connectivity index (χ0v) is 21.8. The van der Waals surface area contributed by atoms with Crippen LogP contribution in [0.3, 0.4) is 0 Å². The second kappa shape index (κ2) is 11.3. The molecule has 1 saturated heterocycles. The molecule has 214 valence electrons. The smallest absolute Gasteiger partial charge is 0.380 e. The van der Waals surface area contributed by atoms with Crippen LogP contribution in [0.2, 0.25) is 0 Å². The second-order valence-electron chi connectivity index (χ2n) is 10.2. The molecule has 0 spiro atoms. The molecule has 4 aromatic rings. The fourth-order valence-corrected chi connectivity index (χ4v) is 5.44. The van der Waals surface area contributed by atoms with Gasteiger partial charge in [0.15, 0.2) is 5.82 Å². The number of benzene rings is 3. The molecule has 5 rings (SSSR count). The van der Waals surface area contributed by atoms with Crippen molar-refractivity contribution in [2.24, 2.45) is 5.92 Å². The average molecular weight is 572 g/mol. The molecule has 2 heterocycles. The van der Waals surface area contributed by atoms with Crippen molar-refractivity contribution in [3.05, 3.63) is 119 Å². The van der Waals surface area contributed by atoms with Crippen LogP contribution in [0.1, 0.15) is 40.7 Å². The number of alkyl halides is 6. The van der Waals surface area contributed by atoms with E-state index in [0.29, 0.717) is 38.3 Å². The molecule has 0 bridgehead atoms. The fraction of sp³-hybridized carbons (Fsp3) is 0.290. The molecule has 1 aliphatic rings. The number of hydrogen-bond acceptors (Lipinski definition) is 4. The summed E-state index contributed by atoms with van der Waals surface area (Å²) in [6.45, 7) is 1.84. The highest BCUT2D eigenvalue weighted by atomic mass is 19.4. The van der Waals surface area contributed by atoms with E-state index in [0.717, 1.165) is 35.4 Å². The summed E-state index contributed by atoms with van der Waals surface area (Å²) in [6, 6.07) is 18.1. The van der Waals surface area contributed by atoms with Crippen LogP contribution in [0.25, 0.3) is 11.4 Å². The largest absolute Gasteiger partial charge is 0.416 e. The van der Waals surface area contributed by atoms with Gasteiger partial charge in [-0.15, -0.1) is 0 Å². The van der Waals surface area contributed by atoms with Crippen LogP contribution in [-0.4, -0.2) is 33.1 Å². The summed E-state index contributed by atoms with van der Waals surface area (Å²) < 4.78 is 79.2. The quantitative estimate of drug-likeness (QED) is 0.246. The van der Waals surface area contributed by atoms with E-state index in [-0.39, 0.29) is 11.1 Å². The first-order valence-corrected chi connectivity index (χ1v) is 13.1. The van der Waals surface area contributed by atoms with Gasteiger partial charge < -0.3 is 5.11 Å². The summed E-state index contributed by atoms with van der Waals surface area (Å²) in [4.78, 5) is 10.7. The first-order chi connectivity index (χ1) is 19.4. The predicted molar refractivity (Wildman–Crippen MR) is 141 cm³/mol. The Morgan fingerprint density at radius 3 is 1.54 bits per heavy atom. The lowest BCUT2D eigenvalue weighted by Crippen LogP contribution is -2.44. The van der Waals surface area contributed by atoms with E-state index in [9.17, 15) is 31.4 Å². The van der Waals surface area contributed by atoms with Gasteiger partial charge in [-0.2, -0.15) is 26.3 Å². The molecule has 0 amide bonds. The van der Waals surface area contributed by atoms with Crippen LogP contribution in [-0.2, 0) is 24.5 Å². The number of hydrogen-bond donors (Lipinski definition) is 1. The Balaban J connectivity index is 1.35. The van der Waals surface area contributed by atoms with Crippen LogP contribution in [0.5, 0.6) is 0 Å². The molecule has 1 aliphatic heterocycles. The number of aliphatic hydroxyl groups is 1. The Kier molecular flexibility index (Phi) is 7.89. The molecule has 0 radical (unpaired) electrons. The monoisotopic (exact) mass is 571 g/mol. The first kappa shape index (κ1) is 28.8. The zero-order valence-electron chi connectivity index (χ0n) is 21.8. The summed E-state index contributed by atoms with van der Waals surface area (Å²) in [5.74, 6) is 0.204. The molecule has 1 aromatic heterocycles. The number of piperidine rings is 1. The average Bonchev–Trinajstić information content (AvgIpc) is 2.97. The van der Waals surface area contributed by atoms with E-state index >= 15 is 0 Å². The normalized spacial score (nSPS) is 15.7. The van der Waals surface area contributed by atoms with E-state index in [1.54, 1.807) is 18.5 Å². The third kappa shape index (κ3) is 6.28. The second-order valence-corrected chi connectivity index (χ2v) is 10.2. The topological polar surface area (TPSA) is 49.2 Å². The zero-order chi connectivity index (χ0) is 29.3. The Hall–Kier alpha value is -3.76. The Bertz CT molecular complexity index is 1370. The van der Waals surface area contributed by atoms with Crippen LogP contribution < -0.4 is 0 Å². The van der Waals surface area contributed by atoms with Gasteiger partial charge in [-0.25, -0.2) is 9.97 Å². The third-order valence-electron chi connectivity index (χ3n) is 7.67. The lowest BCUT2D eigenvalue weighted by atomic mass is 9.71. The SMILES string of the molecule is OC(c1ccc(C(F)(F)F)cc1)(c1ccc(C(F)(F)F)cc1)C1CCN(Cc2ccc(-c3ncccn3)cc2)CC1. The molecular formula is C31H27F6N3O. The van der Waals surface area contributed by atoms with E-state index in [1.165, 1.54) is 24.3 Å². The number of rotatable bonds is 6. The molecule has 1 fully saturated rings. The minimum atomic E-state index is -4.55. The first-order valence-electron chi connectivity index (χ1n) is 13.1. The molecule has 0 unspecified atom stereocenters. The van der Waals surface area contributed by atoms with Crippen molar-refractivity contribution in [1.82, 2.24) is 14.9 Å². The highest BCUT2D eigenvalue weighted by Crippen LogP contribution is 2.44. The van der Waals surface area contributed by atoms with E-state index in [4.69, 9.17) is 0 Å². The summed E-state index contributed by atoms with van der Waals surface area (Å²) in [7, 11) is 0. The number of aromatic nitrogens is 2. The van der Waals surface area contributed by atoms with Crippen molar-refractivity contribution in [2.75, 3.05) is 13.1 Å². The Morgan fingerprint density at radius 2 is 1.10 bits per heavy atom. The maximum atomic E-state index is 13.2. The molecule has 10 heteroatoms. The summed E-state index contributed by atoms with van der Waals surface area (Å²) >= 11 is 0. The Morgan fingerprint density at radius 1 is 0.659 bits per heavy atom. The van der Waals surface area contributed by atoms with Crippen molar-refractivity contribution >= 4 is 0 Å². The van der Waals surface area contributed by atoms with Crippen LogP contribution in [0.4, 0.5) is 26.3 Å². The van der Waals surface area contributed by atoms with Gasteiger partial charge in [0.1, 0.15) is 5.60 Å². The van der Waals surface area contributed by atoms with E-state index in [1.807, 2.05) is 24.3 Å². The van der Waals surface area contributed by atoms with Crippen LogP contribution >= 0.6 is 0 Å². The van der Waals surface area contributed by atoms with Crippen molar-refractivity contribution < 1.29 is 31.4 Å². The number of halogens is 6. The lowest BCUT2D eigenvalue weighted by Gasteiger charge is -2.42. The van der Waals surface area contributed by atoms with Gasteiger partial charge in [-0.05, 0) is 78.9 Å². The van der Waals surface area contributed by atoms with Gasteiger partial charge in [-0.1, -0.05) is 48.5 Å². The third-order valence-corrected chi connectivity index (χ3v) is 7.67. The Labute approximate surface area is 233 Å². The van der Waals surface area contributed by atoms with Crippen molar-refractivity contribution in [1.29, 1.82) is 0 Å². The highest BCUT2D eigenvalue weighted by Gasteiger charge is 2.43. The maximum absolute atomic E-state index is 13.2. The van der Waals surface area contributed by atoms with Gasteiger partial charge in [0.25, 0.3) is 0 Å².